The zero-order valence-electron chi connectivity index (χ0n) is 13.4. The Morgan fingerprint density at radius 2 is 1.86 bits per heavy atom. The van der Waals surface area contributed by atoms with Crippen LogP contribution in [0.3, 0.4) is 0 Å². The number of carbonyl (C=O) groups excluding carboxylic acids is 1. The van der Waals surface area contributed by atoms with Gasteiger partial charge in [-0.1, -0.05) is 24.3 Å². The number of carbonyl (C=O) groups is 1. The van der Waals surface area contributed by atoms with Gasteiger partial charge in [0.25, 0.3) is 0 Å². The summed E-state index contributed by atoms with van der Waals surface area (Å²) in [5, 5.41) is 3.41. The summed E-state index contributed by atoms with van der Waals surface area (Å²) in [4.78, 5) is 11.8. The number of rotatable bonds is 5. The van der Waals surface area contributed by atoms with E-state index < -0.39 is 5.41 Å². The lowest BCUT2D eigenvalue weighted by Crippen LogP contribution is -2.30. The van der Waals surface area contributed by atoms with Crippen molar-refractivity contribution in [3.63, 3.8) is 0 Å². The van der Waals surface area contributed by atoms with E-state index in [1.807, 2.05) is 13.8 Å². The Morgan fingerprint density at radius 1 is 1.24 bits per heavy atom. The van der Waals surface area contributed by atoms with Gasteiger partial charge in [0.1, 0.15) is 0 Å². The van der Waals surface area contributed by atoms with Crippen LogP contribution in [0.4, 0.5) is 0 Å². The maximum Gasteiger partial charge on any atom is 0.315 e. The molecule has 0 amide bonds. The Labute approximate surface area is 128 Å². The SMILES string of the molecule is COC(=O)C(C)(C)c1ccc(CCC2CCNCC2)cc1. The fourth-order valence-corrected chi connectivity index (χ4v) is 3.00. The number of esters is 1. The van der Waals surface area contributed by atoms with Crippen LogP contribution in [0.5, 0.6) is 0 Å². The predicted molar refractivity (Wildman–Crippen MR) is 85.4 cm³/mol. The van der Waals surface area contributed by atoms with Gasteiger partial charge in [-0.3, -0.25) is 4.79 Å². The van der Waals surface area contributed by atoms with Crippen LogP contribution in [0, 0.1) is 5.92 Å². The number of ether oxygens (including phenoxy) is 1. The van der Waals surface area contributed by atoms with Crippen LogP contribution in [0.15, 0.2) is 24.3 Å². The molecule has 0 atom stereocenters. The largest absolute Gasteiger partial charge is 0.468 e. The highest BCUT2D eigenvalue weighted by atomic mass is 16.5. The first-order chi connectivity index (χ1) is 10.0. The Morgan fingerprint density at radius 3 is 2.43 bits per heavy atom. The first-order valence-corrected chi connectivity index (χ1v) is 7.92. The van der Waals surface area contributed by atoms with Crippen LogP contribution in [-0.4, -0.2) is 26.2 Å². The van der Waals surface area contributed by atoms with Crippen LogP contribution < -0.4 is 5.32 Å². The van der Waals surface area contributed by atoms with Gasteiger partial charge in [0.2, 0.25) is 0 Å². The number of methoxy groups -OCH3 is 1. The quantitative estimate of drug-likeness (QED) is 0.847. The molecule has 0 spiro atoms. The molecule has 0 aromatic heterocycles. The molecule has 0 unspecified atom stereocenters. The van der Waals surface area contributed by atoms with E-state index in [1.54, 1.807) is 0 Å². The molecular weight excluding hydrogens is 262 g/mol. The van der Waals surface area contributed by atoms with Crippen molar-refractivity contribution in [2.75, 3.05) is 20.2 Å². The minimum Gasteiger partial charge on any atom is -0.468 e. The van der Waals surface area contributed by atoms with E-state index in [-0.39, 0.29) is 5.97 Å². The summed E-state index contributed by atoms with van der Waals surface area (Å²) in [6, 6.07) is 8.44. The second-order valence-corrected chi connectivity index (χ2v) is 6.55. The second kappa shape index (κ2) is 7.08. The summed E-state index contributed by atoms with van der Waals surface area (Å²) in [5.41, 5.74) is 1.79. The van der Waals surface area contributed by atoms with Gasteiger partial charge < -0.3 is 10.1 Å². The van der Waals surface area contributed by atoms with Crippen LogP contribution >= 0.6 is 0 Å². The fraction of sp³-hybridized carbons (Fsp3) is 0.611. The van der Waals surface area contributed by atoms with Crippen molar-refractivity contribution < 1.29 is 9.53 Å². The molecule has 0 radical (unpaired) electrons. The molecule has 1 aromatic carbocycles. The lowest BCUT2D eigenvalue weighted by atomic mass is 9.84. The van der Waals surface area contributed by atoms with Crippen LogP contribution in [0.25, 0.3) is 0 Å². The van der Waals surface area contributed by atoms with Gasteiger partial charge in [0.15, 0.2) is 0 Å². The molecule has 1 fully saturated rings. The minimum absolute atomic E-state index is 0.190. The van der Waals surface area contributed by atoms with Gasteiger partial charge >= 0.3 is 5.97 Å². The molecule has 21 heavy (non-hydrogen) atoms. The lowest BCUT2D eigenvalue weighted by Gasteiger charge is -2.23. The Hall–Kier alpha value is -1.35. The van der Waals surface area contributed by atoms with Crippen molar-refractivity contribution in [2.24, 2.45) is 5.92 Å². The molecule has 116 valence electrons. The van der Waals surface area contributed by atoms with Crippen LogP contribution in [0.1, 0.15) is 44.2 Å². The number of hydrogen-bond acceptors (Lipinski definition) is 3. The maximum absolute atomic E-state index is 11.8. The molecule has 1 heterocycles. The van der Waals surface area contributed by atoms with Crippen molar-refractivity contribution in [1.29, 1.82) is 0 Å². The smallest absolute Gasteiger partial charge is 0.315 e. The number of benzene rings is 1. The molecule has 1 aliphatic heterocycles. The first kappa shape index (κ1) is 16.0. The van der Waals surface area contributed by atoms with Gasteiger partial charge in [-0.2, -0.15) is 0 Å². The highest BCUT2D eigenvalue weighted by Gasteiger charge is 2.30. The average molecular weight is 289 g/mol. The molecule has 1 aliphatic rings. The molecule has 3 nitrogen and oxygen atoms in total. The van der Waals surface area contributed by atoms with Gasteiger partial charge in [0, 0.05) is 0 Å². The van der Waals surface area contributed by atoms with Crippen LogP contribution in [0.2, 0.25) is 0 Å². The summed E-state index contributed by atoms with van der Waals surface area (Å²) in [7, 11) is 1.44. The van der Waals surface area contributed by atoms with Crippen molar-refractivity contribution in [1.82, 2.24) is 5.32 Å². The topological polar surface area (TPSA) is 38.3 Å². The molecule has 0 bridgehead atoms. The highest BCUT2D eigenvalue weighted by molar-refractivity contribution is 5.82. The third kappa shape index (κ3) is 4.07. The predicted octanol–water partition coefficient (Wildman–Crippen LogP) is 3.07. The fourth-order valence-electron chi connectivity index (χ4n) is 3.00. The summed E-state index contributed by atoms with van der Waals surface area (Å²) in [6.07, 6.45) is 4.99. The van der Waals surface area contributed by atoms with Crippen molar-refractivity contribution in [3.8, 4) is 0 Å². The average Bonchev–Trinajstić information content (AvgIpc) is 2.53. The van der Waals surface area contributed by atoms with E-state index in [9.17, 15) is 4.79 Å². The number of aryl methyl sites for hydroxylation is 1. The molecule has 2 rings (SSSR count). The van der Waals surface area contributed by atoms with E-state index in [2.05, 4.69) is 29.6 Å². The standard InChI is InChI=1S/C18H27NO2/c1-18(2,17(20)21-3)16-8-6-14(7-9-16)4-5-15-10-12-19-13-11-15/h6-9,15,19H,4-5,10-13H2,1-3H3. The first-order valence-electron chi connectivity index (χ1n) is 7.92. The zero-order chi connectivity index (χ0) is 15.3. The summed E-state index contributed by atoms with van der Waals surface area (Å²) in [5.74, 6) is 0.669. The van der Waals surface area contributed by atoms with E-state index in [0.29, 0.717) is 0 Å². The van der Waals surface area contributed by atoms with E-state index in [4.69, 9.17) is 4.74 Å². The molecule has 0 saturated carbocycles. The highest BCUT2D eigenvalue weighted by Crippen LogP contribution is 2.26. The minimum atomic E-state index is -0.581. The van der Waals surface area contributed by atoms with Gasteiger partial charge in [-0.25, -0.2) is 0 Å². The van der Waals surface area contributed by atoms with E-state index in [1.165, 1.54) is 31.9 Å². The molecule has 0 aliphatic carbocycles. The van der Waals surface area contributed by atoms with Crippen molar-refractivity contribution >= 4 is 5.97 Å². The van der Waals surface area contributed by atoms with Gasteiger partial charge in [-0.05, 0) is 69.7 Å². The molecule has 1 aromatic rings. The molecule has 1 N–H and O–H groups in total. The monoisotopic (exact) mass is 289 g/mol. The Kier molecular flexibility index (Phi) is 5.40. The number of nitrogens with one attached hydrogen (secondary N) is 1. The lowest BCUT2D eigenvalue weighted by molar-refractivity contribution is -0.146. The number of piperidine rings is 1. The van der Waals surface area contributed by atoms with E-state index in [0.717, 1.165) is 31.0 Å². The summed E-state index contributed by atoms with van der Waals surface area (Å²) in [6.45, 7) is 6.14. The maximum atomic E-state index is 11.8. The van der Waals surface area contributed by atoms with Gasteiger partial charge in [0.05, 0.1) is 12.5 Å². The van der Waals surface area contributed by atoms with Gasteiger partial charge in [-0.15, -0.1) is 0 Å². The Balaban J connectivity index is 1.93. The van der Waals surface area contributed by atoms with Crippen LogP contribution in [-0.2, 0) is 21.4 Å². The summed E-state index contributed by atoms with van der Waals surface area (Å²) >= 11 is 0. The zero-order valence-corrected chi connectivity index (χ0v) is 13.4. The molecular formula is C18H27NO2. The third-order valence-corrected chi connectivity index (χ3v) is 4.67. The molecule has 1 saturated heterocycles. The number of hydrogen-bond donors (Lipinski definition) is 1. The van der Waals surface area contributed by atoms with Crippen molar-refractivity contribution in [3.05, 3.63) is 35.4 Å². The second-order valence-electron chi connectivity index (χ2n) is 6.55. The third-order valence-electron chi connectivity index (χ3n) is 4.67. The van der Waals surface area contributed by atoms with E-state index >= 15 is 0 Å². The van der Waals surface area contributed by atoms with Crippen molar-refractivity contribution in [2.45, 2.75) is 44.9 Å². The Bertz CT molecular complexity index is 459. The normalized spacial score (nSPS) is 16.7. The molecule has 3 heteroatoms. The summed E-state index contributed by atoms with van der Waals surface area (Å²) < 4.78 is 4.88.